The third-order valence-electron chi connectivity index (χ3n) is 7.08. The van der Waals surface area contributed by atoms with Crippen LogP contribution >= 0.6 is 0 Å². The molecule has 1 unspecified atom stereocenters. The third-order valence-corrected chi connectivity index (χ3v) is 7.08. The van der Waals surface area contributed by atoms with Crippen LogP contribution in [0.5, 0.6) is 0 Å². The van der Waals surface area contributed by atoms with Crippen molar-refractivity contribution in [3.63, 3.8) is 0 Å². The zero-order valence-corrected chi connectivity index (χ0v) is 21.9. The van der Waals surface area contributed by atoms with E-state index in [4.69, 9.17) is 9.47 Å². The Bertz CT molecular complexity index is 1330. The fraction of sp³-hybridized carbons (Fsp3) is 0.367. The number of benzene rings is 3. The van der Waals surface area contributed by atoms with Crippen LogP contribution in [0.2, 0.25) is 0 Å². The van der Waals surface area contributed by atoms with Crippen LogP contribution < -0.4 is 5.32 Å². The van der Waals surface area contributed by atoms with Crippen LogP contribution in [-0.2, 0) is 20.9 Å². The Kier molecular flexibility index (Phi) is 6.97. The van der Waals surface area contributed by atoms with E-state index in [-0.39, 0.29) is 25.1 Å². The van der Waals surface area contributed by atoms with Gasteiger partial charge in [0.2, 0.25) is 5.91 Å². The van der Waals surface area contributed by atoms with Crippen molar-refractivity contribution >= 4 is 34.6 Å². The van der Waals surface area contributed by atoms with Gasteiger partial charge in [0.05, 0.1) is 18.0 Å². The van der Waals surface area contributed by atoms with Crippen LogP contribution in [0.3, 0.4) is 0 Å². The molecular weight excluding hydrogens is 482 g/mol. The number of rotatable bonds is 4. The zero-order valence-electron chi connectivity index (χ0n) is 21.9. The van der Waals surface area contributed by atoms with Crippen LogP contribution in [0.15, 0.2) is 72.8 Å². The number of nitrogens with zero attached hydrogens (tertiary/aromatic N) is 2. The molecule has 3 aromatic rings. The molecule has 2 saturated heterocycles. The minimum absolute atomic E-state index is 0.135. The first-order chi connectivity index (χ1) is 18.2. The lowest BCUT2D eigenvalue weighted by Crippen LogP contribution is -2.47. The van der Waals surface area contributed by atoms with Gasteiger partial charge in [-0.2, -0.15) is 0 Å². The van der Waals surface area contributed by atoms with Crippen molar-refractivity contribution in [1.29, 1.82) is 0 Å². The normalized spacial score (nSPS) is 20.8. The van der Waals surface area contributed by atoms with Gasteiger partial charge in [-0.3, -0.25) is 4.79 Å². The van der Waals surface area contributed by atoms with Crippen LogP contribution in [0.4, 0.5) is 15.3 Å². The molecular formula is C30H33N3O5. The Balaban J connectivity index is 1.39. The van der Waals surface area contributed by atoms with Crippen molar-refractivity contribution < 1.29 is 23.9 Å². The molecule has 0 radical (unpaired) electrons. The van der Waals surface area contributed by atoms with Gasteiger partial charge in [0.1, 0.15) is 12.2 Å². The van der Waals surface area contributed by atoms with Crippen molar-refractivity contribution in [2.24, 2.45) is 5.92 Å². The quantitative estimate of drug-likeness (QED) is 0.501. The second-order valence-electron chi connectivity index (χ2n) is 10.8. The SMILES string of the molecule is CC(C)(C)OC(=O)N1CC[C@@H]2C1[C@@H](C(=O)Nc1cccc3ccccc13)CN2C(=O)OCc1ccccc1. The van der Waals surface area contributed by atoms with E-state index < -0.39 is 29.7 Å². The summed E-state index contributed by atoms with van der Waals surface area (Å²) in [4.78, 5) is 43.3. The lowest BCUT2D eigenvalue weighted by atomic mass is 9.98. The summed E-state index contributed by atoms with van der Waals surface area (Å²) in [7, 11) is 0. The van der Waals surface area contributed by atoms with Crippen molar-refractivity contribution in [3.05, 3.63) is 78.4 Å². The molecule has 5 rings (SSSR count). The number of fused-ring (bicyclic) bond motifs is 2. The highest BCUT2D eigenvalue weighted by Gasteiger charge is 2.55. The number of hydrogen-bond acceptors (Lipinski definition) is 5. The van der Waals surface area contributed by atoms with Crippen LogP contribution in [0, 0.1) is 5.92 Å². The van der Waals surface area contributed by atoms with Gasteiger partial charge in [0.15, 0.2) is 0 Å². The Labute approximate surface area is 222 Å². The average Bonchev–Trinajstić information content (AvgIpc) is 3.48. The molecule has 38 heavy (non-hydrogen) atoms. The summed E-state index contributed by atoms with van der Waals surface area (Å²) >= 11 is 0. The topological polar surface area (TPSA) is 88.2 Å². The summed E-state index contributed by atoms with van der Waals surface area (Å²) < 4.78 is 11.3. The highest BCUT2D eigenvalue weighted by molar-refractivity contribution is 6.03. The van der Waals surface area contributed by atoms with Crippen molar-refractivity contribution in [3.8, 4) is 0 Å². The molecule has 3 amide bonds. The average molecular weight is 516 g/mol. The molecule has 2 aliphatic rings. The molecule has 1 N–H and O–H groups in total. The fourth-order valence-corrected chi connectivity index (χ4v) is 5.42. The van der Waals surface area contributed by atoms with Crippen LogP contribution in [0.25, 0.3) is 10.8 Å². The lowest BCUT2D eigenvalue weighted by Gasteiger charge is -2.30. The predicted octanol–water partition coefficient (Wildman–Crippen LogP) is 5.42. The summed E-state index contributed by atoms with van der Waals surface area (Å²) in [6.45, 7) is 6.11. The summed E-state index contributed by atoms with van der Waals surface area (Å²) in [5.74, 6) is -0.886. The third kappa shape index (κ3) is 5.30. The molecule has 2 heterocycles. The van der Waals surface area contributed by atoms with E-state index in [0.717, 1.165) is 16.3 Å². The van der Waals surface area contributed by atoms with E-state index in [1.807, 2.05) is 93.6 Å². The predicted molar refractivity (Wildman–Crippen MR) is 145 cm³/mol. The maximum atomic E-state index is 13.7. The largest absolute Gasteiger partial charge is 0.445 e. The molecule has 0 spiro atoms. The number of ether oxygens (including phenoxy) is 2. The number of hydrogen-bond donors (Lipinski definition) is 1. The van der Waals surface area contributed by atoms with Gasteiger partial charge < -0.3 is 24.6 Å². The zero-order chi connectivity index (χ0) is 26.9. The van der Waals surface area contributed by atoms with Crippen molar-refractivity contribution in [1.82, 2.24) is 9.80 Å². The van der Waals surface area contributed by atoms with Gasteiger partial charge in [-0.1, -0.05) is 66.7 Å². The molecule has 3 aromatic carbocycles. The minimum atomic E-state index is -0.678. The molecule has 0 bridgehead atoms. The van der Waals surface area contributed by atoms with Crippen molar-refractivity contribution in [2.45, 2.75) is 51.5 Å². The van der Waals surface area contributed by atoms with E-state index in [1.54, 1.807) is 9.80 Å². The Hall–Kier alpha value is -4.07. The molecule has 0 aromatic heterocycles. The summed E-state index contributed by atoms with van der Waals surface area (Å²) in [6.07, 6.45) is -0.426. The standard InChI is InChI=1S/C30H33N3O5/c1-30(2,3)38-29(36)32-17-16-25-26(32)23(18-33(25)28(35)37-19-20-10-5-4-6-11-20)27(34)31-24-15-9-13-21-12-7-8-14-22(21)24/h4-15,23,25-26H,16-19H2,1-3H3,(H,31,34)/t23-,25+,26?/m0/s1. The van der Waals surface area contributed by atoms with Gasteiger partial charge in [-0.25, -0.2) is 9.59 Å². The van der Waals surface area contributed by atoms with Crippen LogP contribution in [0.1, 0.15) is 32.8 Å². The monoisotopic (exact) mass is 515 g/mol. The Morgan fingerprint density at radius 1 is 0.895 bits per heavy atom. The second-order valence-corrected chi connectivity index (χ2v) is 10.8. The smallest absolute Gasteiger partial charge is 0.410 e. The number of amides is 3. The second kappa shape index (κ2) is 10.4. The van der Waals surface area contributed by atoms with Gasteiger partial charge in [0.25, 0.3) is 0 Å². The highest BCUT2D eigenvalue weighted by atomic mass is 16.6. The molecule has 198 valence electrons. The summed E-state index contributed by atoms with van der Waals surface area (Å²) in [5, 5.41) is 5.00. The number of anilines is 1. The lowest BCUT2D eigenvalue weighted by molar-refractivity contribution is -0.120. The number of carbonyl (C=O) groups is 3. The van der Waals surface area contributed by atoms with Crippen LogP contribution in [-0.4, -0.2) is 58.7 Å². The van der Waals surface area contributed by atoms with Gasteiger partial charge in [0, 0.05) is 24.2 Å². The fourth-order valence-electron chi connectivity index (χ4n) is 5.42. The van der Waals surface area contributed by atoms with E-state index in [9.17, 15) is 14.4 Å². The summed E-state index contributed by atoms with van der Waals surface area (Å²) in [6, 6.07) is 22.2. The van der Waals surface area contributed by atoms with E-state index in [2.05, 4.69) is 5.32 Å². The molecule has 2 fully saturated rings. The number of likely N-dealkylation sites (tertiary alicyclic amines) is 2. The van der Waals surface area contributed by atoms with Gasteiger partial charge in [-0.15, -0.1) is 0 Å². The maximum absolute atomic E-state index is 13.7. The Morgan fingerprint density at radius 3 is 2.37 bits per heavy atom. The molecule has 8 nitrogen and oxygen atoms in total. The summed E-state index contributed by atoms with van der Waals surface area (Å²) in [5.41, 5.74) is 0.892. The molecule has 0 aliphatic carbocycles. The maximum Gasteiger partial charge on any atom is 0.410 e. The molecule has 2 aliphatic heterocycles. The number of carbonyl (C=O) groups excluding carboxylic acids is 3. The molecule has 8 heteroatoms. The van der Waals surface area contributed by atoms with E-state index in [1.165, 1.54) is 0 Å². The van der Waals surface area contributed by atoms with Crippen molar-refractivity contribution in [2.75, 3.05) is 18.4 Å². The van der Waals surface area contributed by atoms with E-state index in [0.29, 0.717) is 18.7 Å². The van der Waals surface area contributed by atoms with Gasteiger partial charge in [-0.05, 0) is 44.2 Å². The molecule has 0 saturated carbocycles. The number of nitrogens with one attached hydrogen (secondary N) is 1. The highest BCUT2D eigenvalue weighted by Crippen LogP contribution is 2.38. The minimum Gasteiger partial charge on any atom is -0.445 e. The molecule has 3 atom stereocenters. The van der Waals surface area contributed by atoms with Gasteiger partial charge >= 0.3 is 12.2 Å². The first kappa shape index (κ1) is 25.6. The van der Waals surface area contributed by atoms with E-state index >= 15 is 0 Å². The Morgan fingerprint density at radius 2 is 1.61 bits per heavy atom. The first-order valence-corrected chi connectivity index (χ1v) is 13.0. The first-order valence-electron chi connectivity index (χ1n) is 13.0.